The third-order valence-electron chi connectivity index (χ3n) is 0.650. The zero-order chi connectivity index (χ0) is 5.70. The molecule has 0 spiro atoms. The largest absolute Gasteiger partial charge is 0.394 e. The molecule has 0 aromatic carbocycles. The minimum Gasteiger partial charge on any atom is -0.394 e. The van der Waals surface area contributed by atoms with Crippen LogP contribution < -0.4 is 5.32 Å². The molecule has 0 saturated carbocycles. The van der Waals surface area contributed by atoms with Crippen molar-refractivity contribution in [3.8, 4) is 0 Å². The Kier molecular flexibility index (Phi) is 21.6. The summed E-state index contributed by atoms with van der Waals surface area (Å²) in [6, 6.07) is 0. The Bertz CT molecular complexity index is 45.9. The van der Waals surface area contributed by atoms with Gasteiger partial charge in [0.05, 0.1) is 12.7 Å². The van der Waals surface area contributed by atoms with Crippen molar-refractivity contribution in [1.29, 1.82) is 0 Å². The van der Waals surface area contributed by atoms with Crippen molar-refractivity contribution in [3.63, 3.8) is 0 Å². The number of rotatable bonds is 3. The second-order valence-corrected chi connectivity index (χ2v) is 1.39. The molecule has 3 N–H and O–H groups in total. The standard InChI is InChI=1S/C4H11NO2.CH4.Y/c1-5-2-4(7)3-6;;/h4-7H,2-3H2,1H3;1H4;. The van der Waals surface area contributed by atoms with Gasteiger partial charge in [0.1, 0.15) is 0 Å². The molecule has 0 aliphatic carbocycles. The topological polar surface area (TPSA) is 52.5 Å². The number of nitrogens with one attached hydrogen (secondary N) is 1. The van der Waals surface area contributed by atoms with E-state index < -0.39 is 6.10 Å². The molecule has 0 rings (SSSR count). The number of likely N-dealkylation sites (N-methyl/N-ethyl adjacent to an activating group) is 1. The smallest absolute Gasteiger partial charge is 0.0894 e. The first kappa shape index (κ1) is 16.5. The minimum absolute atomic E-state index is 0. The zero-order valence-corrected chi connectivity index (χ0v) is 7.80. The first-order chi connectivity index (χ1) is 3.31. The Labute approximate surface area is 81.7 Å². The van der Waals surface area contributed by atoms with Gasteiger partial charge >= 0.3 is 0 Å². The number of hydrogen-bond donors (Lipinski definition) is 3. The number of hydrogen-bond acceptors (Lipinski definition) is 3. The Morgan fingerprint density at radius 3 is 2.11 bits per heavy atom. The normalized spacial score (nSPS) is 11.0. The summed E-state index contributed by atoms with van der Waals surface area (Å²) in [6.45, 7) is 0.289. The molecule has 1 atom stereocenters. The number of aliphatic hydroxyl groups excluding tert-OH is 2. The van der Waals surface area contributed by atoms with Crippen LogP contribution in [0.1, 0.15) is 7.43 Å². The Morgan fingerprint density at radius 2 is 2.00 bits per heavy atom. The van der Waals surface area contributed by atoms with Crippen LogP contribution in [-0.2, 0) is 32.7 Å². The third kappa shape index (κ3) is 12.2. The van der Waals surface area contributed by atoms with Gasteiger partial charge in [-0.3, -0.25) is 0 Å². The van der Waals surface area contributed by atoms with E-state index in [1.807, 2.05) is 0 Å². The zero-order valence-electron chi connectivity index (χ0n) is 4.96. The molecular formula is C5H15NO2Y. The monoisotopic (exact) mass is 210 g/mol. The van der Waals surface area contributed by atoms with E-state index in [4.69, 9.17) is 10.2 Å². The second kappa shape index (κ2) is 11.7. The van der Waals surface area contributed by atoms with Crippen molar-refractivity contribution >= 4 is 0 Å². The van der Waals surface area contributed by atoms with E-state index in [1.165, 1.54) is 0 Å². The summed E-state index contributed by atoms with van der Waals surface area (Å²) in [7, 11) is 1.72. The van der Waals surface area contributed by atoms with Crippen LogP contribution in [0.25, 0.3) is 0 Å². The van der Waals surface area contributed by atoms with Crippen LogP contribution in [0.4, 0.5) is 0 Å². The molecule has 9 heavy (non-hydrogen) atoms. The van der Waals surface area contributed by atoms with E-state index in [2.05, 4.69) is 5.32 Å². The van der Waals surface area contributed by atoms with Gasteiger partial charge in [-0.05, 0) is 7.05 Å². The fourth-order valence-corrected chi connectivity index (χ4v) is 0.300. The van der Waals surface area contributed by atoms with E-state index in [1.54, 1.807) is 7.05 Å². The van der Waals surface area contributed by atoms with Gasteiger partial charge in [-0.1, -0.05) is 7.43 Å². The van der Waals surface area contributed by atoms with Crippen LogP contribution in [-0.4, -0.2) is 36.5 Å². The Morgan fingerprint density at radius 1 is 1.56 bits per heavy atom. The van der Waals surface area contributed by atoms with Gasteiger partial charge in [-0.25, -0.2) is 0 Å². The molecule has 0 aromatic rings. The van der Waals surface area contributed by atoms with Crippen molar-refractivity contribution in [2.75, 3.05) is 20.2 Å². The molecule has 0 amide bonds. The molecule has 0 heterocycles. The van der Waals surface area contributed by atoms with Crippen LogP contribution in [0.5, 0.6) is 0 Å². The molecule has 55 valence electrons. The van der Waals surface area contributed by atoms with Gasteiger partial charge in [-0.2, -0.15) is 0 Å². The minimum atomic E-state index is -0.606. The van der Waals surface area contributed by atoms with Crippen molar-refractivity contribution in [2.24, 2.45) is 0 Å². The maximum atomic E-state index is 8.55. The fourth-order valence-electron chi connectivity index (χ4n) is 0.300. The molecule has 0 saturated heterocycles. The summed E-state index contributed by atoms with van der Waals surface area (Å²) in [6.07, 6.45) is -0.606. The van der Waals surface area contributed by atoms with E-state index in [0.29, 0.717) is 6.54 Å². The fraction of sp³-hybridized carbons (Fsp3) is 1.00. The first-order valence-electron chi connectivity index (χ1n) is 2.24. The quantitative estimate of drug-likeness (QED) is 0.571. The summed E-state index contributed by atoms with van der Waals surface area (Å²) >= 11 is 0. The van der Waals surface area contributed by atoms with Crippen LogP contribution in [0.2, 0.25) is 0 Å². The summed E-state index contributed by atoms with van der Waals surface area (Å²) in [4.78, 5) is 0. The van der Waals surface area contributed by atoms with Crippen molar-refractivity contribution < 1.29 is 42.9 Å². The van der Waals surface area contributed by atoms with Crippen LogP contribution in [0, 0.1) is 0 Å². The van der Waals surface area contributed by atoms with Crippen LogP contribution in [0.3, 0.4) is 0 Å². The average Bonchev–Trinajstić information content (AvgIpc) is 1.68. The Hall–Kier alpha value is 0.984. The molecule has 0 bridgehead atoms. The summed E-state index contributed by atoms with van der Waals surface area (Å²) in [5.74, 6) is 0. The average molecular weight is 210 g/mol. The predicted octanol–water partition coefficient (Wildman–Crippen LogP) is -0.807. The third-order valence-corrected chi connectivity index (χ3v) is 0.650. The second-order valence-electron chi connectivity index (χ2n) is 1.39. The van der Waals surface area contributed by atoms with Gasteiger partial charge in [0.25, 0.3) is 0 Å². The maximum Gasteiger partial charge on any atom is 0.0894 e. The van der Waals surface area contributed by atoms with Crippen molar-refractivity contribution in [3.05, 3.63) is 0 Å². The van der Waals surface area contributed by atoms with E-state index in [0.717, 1.165) is 0 Å². The van der Waals surface area contributed by atoms with Crippen molar-refractivity contribution in [1.82, 2.24) is 5.32 Å². The molecule has 0 aliphatic rings. The molecule has 1 unspecified atom stereocenters. The van der Waals surface area contributed by atoms with E-state index >= 15 is 0 Å². The van der Waals surface area contributed by atoms with Crippen LogP contribution in [0.15, 0.2) is 0 Å². The van der Waals surface area contributed by atoms with Gasteiger partial charge in [-0.15, -0.1) is 0 Å². The Balaban J connectivity index is -0.000000180. The predicted molar refractivity (Wildman–Crippen MR) is 33.8 cm³/mol. The summed E-state index contributed by atoms with van der Waals surface area (Å²) < 4.78 is 0. The molecule has 4 heteroatoms. The van der Waals surface area contributed by atoms with Gasteiger partial charge in [0.2, 0.25) is 0 Å². The molecule has 0 fully saturated rings. The summed E-state index contributed by atoms with van der Waals surface area (Å²) in [5.41, 5.74) is 0. The van der Waals surface area contributed by atoms with Crippen molar-refractivity contribution in [2.45, 2.75) is 13.5 Å². The van der Waals surface area contributed by atoms with Crippen LogP contribution >= 0.6 is 0 Å². The molecule has 0 aliphatic heterocycles. The first-order valence-corrected chi connectivity index (χ1v) is 2.24. The van der Waals surface area contributed by atoms with Gasteiger partial charge in [0, 0.05) is 39.3 Å². The SMILES string of the molecule is C.CNCC(O)CO.[Y]. The molecule has 0 aromatic heterocycles. The van der Waals surface area contributed by atoms with E-state index in [-0.39, 0.29) is 46.7 Å². The number of aliphatic hydroxyl groups is 2. The molecular weight excluding hydrogens is 195 g/mol. The molecule has 1 radical (unpaired) electrons. The maximum absolute atomic E-state index is 8.55. The van der Waals surface area contributed by atoms with Gasteiger partial charge in [0.15, 0.2) is 0 Å². The molecule has 3 nitrogen and oxygen atoms in total. The van der Waals surface area contributed by atoms with Gasteiger partial charge < -0.3 is 15.5 Å². The summed E-state index contributed by atoms with van der Waals surface area (Å²) in [5, 5.41) is 19.4. The van der Waals surface area contributed by atoms with E-state index in [9.17, 15) is 0 Å².